The largest absolute Gasteiger partial charge is 0.399 e. The number of likely N-dealkylation sites (N-methyl/N-ethyl adjacent to an activating group) is 2. The average molecular weight is 290 g/mol. The zero-order valence-electron chi connectivity index (χ0n) is 10.7. The van der Waals surface area contributed by atoms with Crippen molar-refractivity contribution in [3.63, 3.8) is 0 Å². The predicted octanol–water partition coefficient (Wildman–Crippen LogP) is 2.21. The van der Waals surface area contributed by atoms with Crippen molar-refractivity contribution in [3.8, 4) is 0 Å². The molecular weight excluding hydrogens is 273 g/mol. The van der Waals surface area contributed by atoms with E-state index in [9.17, 15) is 4.79 Å². The number of halogens is 2. The minimum atomic E-state index is -0.184. The molecule has 0 spiro atoms. The van der Waals surface area contributed by atoms with Crippen LogP contribution in [0, 0.1) is 0 Å². The molecule has 1 rings (SSSR count). The fraction of sp³-hybridized carbons (Fsp3) is 0.417. The Morgan fingerprint density at radius 1 is 1.22 bits per heavy atom. The molecule has 100 valence electrons. The maximum atomic E-state index is 12.2. The van der Waals surface area contributed by atoms with Crippen LogP contribution in [0.1, 0.15) is 10.4 Å². The van der Waals surface area contributed by atoms with Gasteiger partial charge in [-0.25, -0.2) is 0 Å². The highest BCUT2D eigenvalue weighted by Crippen LogP contribution is 2.29. The molecule has 0 atom stereocenters. The lowest BCUT2D eigenvalue weighted by molar-refractivity contribution is 0.0786. The Hall–Kier alpha value is -0.970. The molecule has 1 aromatic carbocycles. The van der Waals surface area contributed by atoms with E-state index in [-0.39, 0.29) is 10.9 Å². The number of nitrogen functional groups attached to an aromatic ring is 1. The van der Waals surface area contributed by atoms with Gasteiger partial charge in [-0.1, -0.05) is 23.2 Å². The van der Waals surface area contributed by atoms with Gasteiger partial charge in [-0.05, 0) is 26.2 Å². The smallest absolute Gasteiger partial charge is 0.255 e. The Kier molecular flexibility index (Phi) is 5.26. The SMILES string of the molecule is CN(C)CCN(C)C(=O)c1cc(N)cc(Cl)c1Cl. The van der Waals surface area contributed by atoms with E-state index in [4.69, 9.17) is 28.9 Å². The molecule has 0 aliphatic carbocycles. The summed E-state index contributed by atoms with van der Waals surface area (Å²) in [6.07, 6.45) is 0. The summed E-state index contributed by atoms with van der Waals surface area (Å²) in [5, 5.41) is 0.536. The first-order valence-corrected chi connectivity index (χ1v) is 6.23. The second-order valence-electron chi connectivity index (χ2n) is 4.39. The third kappa shape index (κ3) is 3.77. The highest BCUT2D eigenvalue weighted by Gasteiger charge is 2.17. The van der Waals surface area contributed by atoms with E-state index in [1.165, 1.54) is 6.07 Å². The monoisotopic (exact) mass is 289 g/mol. The van der Waals surface area contributed by atoms with Crippen LogP contribution in [0.4, 0.5) is 5.69 Å². The Morgan fingerprint density at radius 3 is 2.39 bits per heavy atom. The molecular formula is C12H17Cl2N3O. The van der Waals surface area contributed by atoms with Crippen LogP contribution in [0.15, 0.2) is 12.1 Å². The van der Waals surface area contributed by atoms with E-state index < -0.39 is 0 Å². The Morgan fingerprint density at radius 2 is 1.83 bits per heavy atom. The van der Waals surface area contributed by atoms with Crippen LogP contribution in [0.25, 0.3) is 0 Å². The predicted molar refractivity (Wildman–Crippen MR) is 76.4 cm³/mol. The number of carbonyl (C=O) groups excluding carboxylic acids is 1. The Bertz CT molecular complexity index is 449. The van der Waals surface area contributed by atoms with Gasteiger partial charge < -0.3 is 15.5 Å². The topological polar surface area (TPSA) is 49.6 Å². The summed E-state index contributed by atoms with van der Waals surface area (Å²) < 4.78 is 0. The maximum Gasteiger partial charge on any atom is 0.255 e. The van der Waals surface area contributed by atoms with Crippen LogP contribution in [0.3, 0.4) is 0 Å². The Balaban J connectivity index is 2.90. The lowest BCUT2D eigenvalue weighted by atomic mass is 10.1. The normalized spacial score (nSPS) is 10.8. The lowest BCUT2D eigenvalue weighted by Gasteiger charge is -2.20. The molecule has 18 heavy (non-hydrogen) atoms. The molecule has 0 saturated carbocycles. The van der Waals surface area contributed by atoms with Gasteiger partial charge in [0.25, 0.3) is 5.91 Å². The van der Waals surface area contributed by atoms with E-state index in [0.717, 1.165) is 6.54 Å². The highest BCUT2D eigenvalue weighted by molar-refractivity contribution is 6.44. The fourth-order valence-corrected chi connectivity index (χ4v) is 1.84. The minimum Gasteiger partial charge on any atom is -0.399 e. The first-order valence-electron chi connectivity index (χ1n) is 5.47. The number of rotatable bonds is 4. The first-order chi connectivity index (χ1) is 8.32. The van der Waals surface area contributed by atoms with Gasteiger partial charge >= 0.3 is 0 Å². The summed E-state index contributed by atoms with van der Waals surface area (Å²) in [5.41, 5.74) is 6.43. The van der Waals surface area contributed by atoms with Gasteiger partial charge in [0, 0.05) is 25.8 Å². The third-order valence-corrected chi connectivity index (χ3v) is 3.31. The van der Waals surface area contributed by atoms with Crippen LogP contribution in [-0.2, 0) is 0 Å². The minimum absolute atomic E-state index is 0.184. The molecule has 0 aliphatic heterocycles. The third-order valence-electron chi connectivity index (χ3n) is 2.51. The van der Waals surface area contributed by atoms with Crippen molar-refractivity contribution in [2.24, 2.45) is 0 Å². The molecule has 0 radical (unpaired) electrons. The summed E-state index contributed by atoms with van der Waals surface area (Å²) in [7, 11) is 5.62. The summed E-state index contributed by atoms with van der Waals surface area (Å²) in [6.45, 7) is 1.38. The molecule has 6 heteroatoms. The van der Waals surface area contributed by atoms with Crippen molar-refractivity contribution in [2.45, 2.75) is 0 Å². The van der Waals surface area contributed by atoms with Gasteiger partial charge in [-0.15, -0.1) is 0 Å². The van der Waals surface area contributed by atoms with Gasteiger partial charge in [0.15, 0.2) is 0 Å². The van der Waals surface area contributed by atoms with Crippen molar-refractivity contribution >= 4 is 34.8 Å². The molecule has 0 aliphatic rings. The number of nitrogens with two attached hydrogens (primary N) is 1. The van der Waals surface area contributed by atoms with Gasteiger partial charge in [-0.2, -0.15) is 0 Å². The number of carbonyl (C=O) groups is 1. The van der Waals surface area contributed by atoms with Crippen molar-refractivity contribution in [3.05, 3.63) is 27.7 Å². The van der Waals surface area contributed by atoms with Crippen LogP contribution in [0.2, 0.25) is 10.0 Å². The molecule has 0 fully saturated rings. The van der Waals surface area contributed by atoms with E-state index in [0.29, 0.717) is 22.8 Å². The molecule has 1 amide bonds. The molecule has 0 bridgehead atoms. The van der Waals surface area contributed by atoms with Crippen molar-refractivity contribution in [1.82, 2.24) is 9.80 Å². The lowest BCUT2D eigenvalue weighted by Crippen LogP contribution is -2.33. The zero-order valence-corrected chi connectivity index (χ0v) is 12.2. The summed E-state index contributed by atoms with van der Waals surface area (Å²) >= 11 is 11.9. The number of anilines is 1. The molecule has 0 unspecified atom stereocenters. The molecule has 0 aromatic heterocycles. The van der Waals surface area contributed by atoms with Crippen molar-refractivity contribution < 1.29 is 4.79 Å². The van der Waals surface area contributed by atoms with Crippen molar-refractivity contribution in [2.75, 3.05) is 40.0 Å². The van der Waals surface area contributed by atoms with Gasteiger partial charge in [0.2, 0.25) is 0 Å². The van der Waals surface area contributed by atoms with Gasteiger partial charge in [0.1, 0.15) is 0 Å². The Labute approximate surface area is 117 Å². The standard InChI is InChI=1S/C12H17Cl2N3O/c1-16(2)4-5-17(3)12(18)9-6-8(15)7-10(13)11(9)14/h6-7H,4-5,15H2,1-3H3. The number of nitrogens with zero attached hydrogens (tertiary/aromatic N) is 2. The number of hydrogen-bond acceptors (Lipinski definition) is 3. The van der Waals surface area contributed by atoms with Gasteiger partial charge in [-0.3, -0.25) is 4.79 Å². The highest BCUT2D eigenvalue weighted by atomic mass is 35.5. The van der Waals surface area contributed by atoms with Crippen LogP contribution in [-0.4, -0.2) is 49.9 Å². The first kappa shape index (κ1) is 15.1. The summed E-state index contributed by atoms with van der Waals surface area (Å²) in [6, 6.07) is 3.07. The van der Waals surface area contributed by atoms with Crippen LogP contribution < -0.4 is 5.73 Å². The summed E-state index contributed by atoms with van der Waals surface area (Å²) in [5.74, 6) is -0.184. The van der Waals surface area contributed by atoms with Crippen LogP contribution >= 0.6 is 23.2 Å². The molecule has 0 saturated heterocycles. The van der Waals surface area contributed by atoms with E-state index in [2.05, 4.69) is 0 Å². The van der Waals surface area contributed by atoms with E-state index >= 15 is 0 Å². The number of amides is 1. The van der Waals surface area contributed by atoms with Crippen molar-refractivity contribution in [1.29, 1.82) is 0 Å². The van der Waals surface area contributed by atoms with E-state index in [1.807, 2.05) is 19.0 Å². The zero-order chi connectivity index (χ0) is 13.9. The second-order valence-corrected chi connectivity index (χ2v) is 5.18. The molecule has 1 aromatic rings. The fourth-order valence-electron chi connectivity index (χ4n) is 1.42. The van der Waals surface area contributed by atoms with Crippen LogP contribution in [0.5, 0.6) is 0 Å². The van der Waals surface area contributed by atoms with E-state index in [1.54, 1.807) is 18.0 Å². The number of hydrogen-bond donors (Lipinski definition) is 1. The van der Waals surface area contributed by atoms with Gasteiger partial charge in [0.05, 0.1) is 15.6 Å². The second kappa shape index (κ2) is 6.27. The maximum absolute atomic E-state index is 12.2. The summed E-state index contributed by atoms with van der Waals surface area (Å²) in [4.78, 5) is 15.8. The average Bonchev–Trinajstić information content (AvgIpc) is 2.29. The number of benzene rings is 1. The molecule has 4 nitrogen and oxygen atoms in total. The molecule has 2 N–H and O–H groups in total. The molecule has 0 heterocycles. The quantitative estimate of drug-likeness (QED) is 0.865.